The van der Waals surface area contributed by atoms with E-state index in [1.54, 1.807) is 12.1 Å². The number of halogens is 3. The number of nitrogens with zero attached hydrogens (tertiary/aromatic N) is 2. The van der Waals surface area contributed by atoms with Gasteiger partial charge in [-0.15, -0.1) is 10.2 Å². The molecule has 0 atom stereocenters. The number of hydrogen-bond acceptors (Lipinski definition) is 5. The molecule has 0 saturated heterocycles. The minimum atomic E-state index is 0.309. The van der Waals surface area contributed by atoms with Crippen LogP contribution in [-0.2, 0) is 0 Å². The molecule has 1 aliphatic rings. The fraction of sp³-hybridized carbons (Fsp3) is 0.375. The summed E-state index contributed by atoms with van der Waals surface area (Å²) in [7, 11) is 0. The predicted molar refractivity (Wildman–Crippen MR) is 97.2 cm³/mol. The van der Waals surface area contributed by atoms with Crippen LogP contribution in [0, 0.1) is 0 Å². The lowest BCUT2D eigenvalue weighted by Gasteiger charge is -2.22. The number of hydrogen-bond donors (Lipinski definition) is 2. The Kier molecular flexibility index (Phi) is 5.66. The van der Waals surface area contributed by atoms with Gasteiger partial charge in [0, 0.05) is 6.07 Å². The van der Waals surface area contributed by atoms with Crippen molar-refractivity contribution in [3.63, 3.8) is 0 Å². The molecule has 0 aliphatic heterocycles. The normalized spacial score (nSPS) is 15.3. The lowest BCUT2D eigenvalue weighted by molar-refractivity contribution is 0.430. The fourth-order valence-corrected chi connectivity index (χ4v) is 3.78. The topological polar surface area (TPSA) is 73.1 Å². The first-order valence-electron chi connectivity index (χ1n) is 7.75. The van der Waals surface area contributed by atoms with Gasteiger partial charge in [-0.1, -0.05) is 54.1 Å². The molecule has 0 unspecified atom stereocenters. The van der Waals surface area contributed by atoms with Gasteiger partial charge in [0.2, 0.25) is 5.88 Å². The van der Waals surface area contributed by atoms with Gasteiger partial charge in [0.05, 0.1) is 15.7 Å². The van der Waals surface area contributed by atoms with E-state index in [1.807, 2.05) is 6.07 Å². The highest BCUT2D eigenvalue weighted by molar-refractivity contribution is 6.37. The fourth-order valence-electron chi connectivity index (χ4n) is 2.97. The lowest BCUT2D eigenvalue weighted by atomic mass is 9.85. The van der Waals surface area contributed by atoms with Crippen molar-refractivity contribution in [2.24, 2.45) is 5.84 Å². The number of aromatic nitrogens is 2. The summed E-state index contributed by atoms with van der Waals surface area (Å²) in [5.41, 5.74) is 4.04. The van der Waals surface area contributed by atoms with Crippen LogP contribution in [-0.4, -0.2) is 10.2 Å². The molecule has 0 bridgehead atoms. The number of nitrogens with two attached hydrogens (primary N) is 1. The van der Waals surface area contributed by atoms with E-state index in [1.165, 1.54) is 19.3 Å². The SMILES string of the molecule is NNc1cc(Cl)c(Oc2cc(C3CCCCC3)c(Cl)nn2)c(Cl)c1. The molecule has 1 aromatic heterocycles. The first kappa shape index (κ1) is 17.5. The molecule has 1 saturated carbocycles. The summed E-state index contributed by atoms with van der Waals surface area (Å²) in [4.78, 5) is 0. The second kappa shape index (κ2) is 7.74. The molecule has 0 amide bonds. The minimum absolute atomic E-state index is 0.309. The molecular formula is C16H17Cl3N4O. The maximum atomic E-state index is 6.23. The van der Waals surface area contributed by atoms with E-state index in [-0.39, 0.29) is 0 Å². The number of nitrogen functional groups attached to an aromatic ring is 1. The number of benzene rings is 1. The molecule has 8 heteroatoms. The summed E-state index contributed by atoms with van der Waals surface area (Å²) in [5, 5.41) is 9.08. The van der Waals surface area contributed by atoms with Crippen molar-refractivity contribution in [3.8, 4) is 11.6 Å². The Balaban J connectivity index is 1.88. The second-order valence-electron chi connectivity index (χ2n) is 5.78. The molecule has 0 spiro atoms. The monoisotopic (exact) mass is 386 g/mol. The van der Waals surface area contributed by atoms with Gasteiger partial charge in [-0.05, 0) is 36.5 Å². The van der Waals surface area contributed by atoms with Gasteiger partial charge in [0.1, 0.15) is 0 Å². The van der Waals surface area contributed by atoms with Crippen LogP contribution in [0.15, 0.2) is 18.2 Å². The van der Waals surface area contributed by atoms with Gasteiger partial charge < -0.3 is 10.2 Å². The van der Waals surface area contributed by atoms with E-state index in [0.717, 1.165) is 18.4 Å². The molecule has 1 fully saturated rings. The van der Waals surface area contributed by atoms with Crippen molar-refractivity contribution in [3.05, 3.63) is 39.0 Å². The Morgan fingerprint density at radius 2 is 1.67 bits per heavy atom. The summed E-state index contributed by atoms with van der Waals surface area (Å²) in [5.74, 6) is 6.38. The Labute approximate surface area is 155 Å². The smallest absolute Gasteiger partial charge is 0.239 e. The molecule has 3 rings (SSSR count). The van der Waals surface area contributed by atoms with Crippen molar-refractivity contribution in [2.45, 2.75) is 38.0 Å². The zero-order valence-electron chi connectivity index (χ0n) is 12.9. The average Bonchev–Trinajstić information content (AvgIpc) is 2.60. The summed E-state index contributed by atoms with van der Waals surface area (Å²) in [6.07, 6.45) is 5.87. The van der Waals surface area contributed by atoms with Gasteiger partial charge in [-0.3, -0.25) is 5.84 Å². The molecule has 1 heterocycles. The van der Waals surface area contributed by atoms with E-state index < -0.39 is 0 Å². The highest BCUT2D eigenvalue weighted by atomic mass is 35.5. The second-order valence-corrected chi connectivity index (χ2v) is 6.95. The standard InChI is InChI=1S/C16H17Cl3N4O/c17-12-6-10(21-20)7-13(18)15(12)24-14-8-11(16(19)23-22-14)9-4-2-1-3-5-9/h6-9,21H,1-5,20H2. The van der Waals surface area contributed by atoms with Crippen molar-refractivity contribution in [1.29, 1.82) is 0 Å². The van der Waals surface area contributed by atoms with Gasteiger partial charge in [-0.2, -0.15) is 0 Å². The molecule has 3 N–H and O–H groups in total. The Morgan fingerprint density at radius 1 is 1.00 bits per heavy atom. The Bertz CT molecular complexity index is 712. The van der Waals surface area contributed by atoms with E-state index in [0.29, 0.717) is 38.4 Å². The third-order valence-corrected chi connectivity index (χ3v) is 5.03. The van der Waals surface area contributed by atoms with E-state index in [2.05, 4.69) is 15.6 Å². The molecule has 1 aliphatic carbocycles. The zero-order valence-corrected chi connectivity index (χ0v) is 15.1. The Hall–Kier alpha value is -1.27. The van der Waals surface area contributed by atoms with Crippen LogP contribution in [0.4, 0.5) is 5.69 Å². The summed E-state index contributed by atoms with van der Waals surface area (Å²) in [6.45, 7) is 0. The van der Waals surface area contributed by atoms with Crippen molar-refractivity contribution in [2.75, 3.05) is 5.43 Å². The highest BCUT2D eigenvalue weighted by Gasteiger charge is 2.21. The van der Waals surface area contributed by atoms with Crippen LogP contribution >= 0.6 is 34.8 Å². The van der Waals surface area contributed by atoms with Crippen LogP contribution in [0.2, 0.25) is 15.2 Å². The average molecular weight is 388 g/mol. The van der Waals surface area contributed by atoms with E-state index >= 15 is 0 Å². The van der Waals surface area contributed by atoms with Crippen LogP contribution in [0.5, 0.6) is 11.6 Å². The zero-order chi connectivity index (χ0) is 17.1. The van der Waals surface area contributed by atoms with Gasteiger partial charge in [0.15, 0.2) is 10.9 Å². The molecule has 128 valence electrons. The first-order valence-corrected chi connectivity index (χ1v) is 8.88. The number of hydrazine groups is 1. The van der Waals surface area contributed by atoms with Gasteiger partial charge in [-0.25, -0.2) is 0 Å². The third kappa shape index (κ3) is 3.86. The summed E-state index contributed by atoms with van der Waals surface area (Å²) < 4.78 is 5.76. The number of rotatable bonds is 4. The van der Waals surface area contributed by atoms with Gasteiger partial charge >= 0.3 is 0 Å². The van der Waals surface area contributed by atoms with Crippen molar-refractivity contribution in [1.82, 2.24) is 10.2 Å². The van der Waals surface area contributed by atoms with Crippen LogP contribution in [0.25, 0.3) is 0 Å². The van der Waals surface area contributed by atoms with Crippen LogP contribution in [0.1, 0.15) is 43.6 Å². The molecule has 5 nitrogen and oxygen atoms in total. The van der Waals surface area contributed by atoms with Crippen molar-refractivity contribution < 1.29 is 4.74 Å². The molecular weight excluding hydrogens is 371 g/mol. The highest BCUT2D eigenvalue weighted by Crippen LogP contribution is 2.40. The number of ether oxygens (including phenoxy) is 1. The Morgan fingerprint density at radius 3 is 2.29 bits per heavy atom. The van der Waals surface area contributed by atoms with Crippen molar-refractivity contribution >= 4 is 40.5 Å². The third-order valence-electron chi connectivity index (χ3n) is 4.17. The summed E-state index contributed by atoms with van der Waals surface area (Å²) >= 11 is 18.6. The summed E-state index contributed by atoms with van der Waals surface area (Å²) in [6, 6.07) is 5.06. The molecule has 0 radical (unpaired) electrons. The number of anilines is 1. The first-order chi connectivity index (χ1) is 11.6. The van der Waals surface area contributed by atoms with Gasteiger partial charge in [0.25, 0.3) is 0 Å². The molecule has 1 aromatic carbocycles. The lowest BCUT2D eigenvalue weighted by Crippen LogP contribution is -2.07. The van der Waals surface area contributed by atoms with Crippen LogP contribution in [0.3, 0.4) is 0 Å². The molecule has 2 aromatic rings. The number of nitrogens with one attached hydrogen (secondary N) is 1. The van der Waals surface area contributed by atoms with Crippen LogP contribution < -0.4 is 16.0 Å². The maximum absolute atomic E-state index is 6.23. The quantitative estimate of drug-likeness (QED) is 0.530. The molecule has 24 heavy (non-hydrogen) atoms. The van der Waals surface area contributed by atoms with E-state index in [4.69, 9.17) is 45.4 Å². The predicted octanol–water partition coefficient (Wildman–Crippen LogP) is 5.56. The largest absolute Gasteiger partial charge is 0.434 e. The van der Waals surface area contributed by atoms with E-state index in [9.17, 15) is 0 Å². The maximum Gasteiger partial charge on any atom is 0.239 e. The minimum Gasteiger partial charge on any atom is -0.434 e.